The fraction of sp³-hybridized carbons (Fsp3) is 0.875. The van der Waals surface area contributed by atoms with Crippen molar-refractivity contribution in [3.8, 4) is 0 Å². The van der Waals surface area contributed by atoms with E-state index in [9.17, 15) is 9.59 Å². The largest absolute Gasteiger partial charge is 0.481 e. The minimum absolute atomic E-state index is 0.0477. The van der Waals surface area contributed by atoms with Crippen molar-refractivity contribution in [2.24, 2.45) is 5.41 Å². The van der Waals surface area contributed by atoms with Gasteiger partial charge in [0.2, 0.25) is 0 Å². The molecule has 0 aliphatic carbocycles. The second-order valence-electron chi connectivity index (χ2n) is 8.20. The van der Waals surface area contributed by atoms with E-state index in [1.165, 1.54) is 0 Å². The van der Waals surface area contributed by atoms with Gasteiger partial charge in [0.15, 0.2) is 0 Å². The Morgan fingerprint density at radius 2 is 1.82 bits per heavy atom. The van der Waals surface area contributed by atoms with Gasteiger partial charge in [-0.25, -0.2) is 4.79 Å². The zero-order valence-electron chi connectivity index (χ0n) is 14.7. The zero-order valence-corrected chi connectivity index (χ0v) is 14.7. The monoisotopic (exact) mass is 315 g/mol. The van der Waals surface area contributed by atoms with Gasteiger partial charge < -0.3 is 14.6 Å². The maximum atomic E-state index is 12.5. The number of nitrogens with zero attached hydrogens (tertiary/aromatic N) is 1. The number of aliphatic carboxylic acids is 1. The summed E-state index contributed by atoms with van der Waals surface area (Å²) in [6, 6.07) is -0.195. The molecule has 1 fully saturated rings. The molecule has 1 saturated heterocycles. The number of rotatable bonds is 4. The Labute approximate surface area is 132 Å². The zero-order chi connectivity index (χ0) is 17.3. The van der Waals surface area contributed by atoms with Crippen molar-refractivity contribution in [3.63, 3.8) is 0 Å². The molecular weight excluding hydrogens is 286 g/mol. The van der Waals surface area contributed by atoms with Crippen LogP contribution in [-0.2, 0) is 14.3 Å². The van der Waals surface area contributed by atoms with Gasteiger partial charge in [0.05, 0.1) is 19.1 Å². The SMILES string of the molecule is CC(C)(CC(=O)O)C[C@H]1COC(C)(C)N1C(=O)OC(C)(C)C. The molecule has 1 aliphatic rings. The molecule has 0 bridgehead atoms. The van der Waals surface area contributed by atoms with E-state index in [0.29, 0.717) is 13.0 Å². The number of carbonyl (C=O) groups is 2. The van der Waals surface area contributed by atoms with E-state index in [0.717, 1.165) is 0 Å². The van der Waals surface area contributed by atoms with E-state index in [-0.39, 0.29) is 12.5 Å². The predicted octanol–water partition coefficient (Wildman–Crippen LogP) is 3.25. The molecule has 22 heavy (non-hydrogen) atoms. The van der Waals surface area contributed by atoms with Crippen LogP contribution in [0, 0.1) is 5.41 Å². The number of ether oxygens (including phenoxy) is 2. The summed E-state index contributed by atoms with van der Waals surface area (Å²) >= 11 is 0. The summed E-state index contributed by atoms with van der Waals surface area (Å²) in [6.07, 6.45) is 0.166. The molecular formula is C16H29NO5. The highest BCUT2D eigenvalue weighted by molar-refractivity contribution is 5.70. The van der Waals surface area contributed by atoms with Crippen molar-refractivity contribution < 1.29 is 24.2 Å². The summed E-state index contributed by atoms with van der Waals surface area (Å²) in [5.41, 5.74) is -1.77. The van der Waals surface area contributed by atoms with Crippen LogP contribution in [0.25, 0.3) is 0 Å². The Morgan fingerprint density at radius 3 is 2.27 bits per heavy atom. The Balaban J connectivity index is 2.90. The highest BCUT2D eigenvalue weighted by Crippen LogP contribution is 2.36. The van der Waals surface area contributed by atoms with Gasteiger partial charge in [-0.2, -0.15) is 0 Å². The second-order valence-corrected chi connectivity index (χ2v) is 8.20. The van der Waals surface area contributed by atoms with E-state index in [1.807, 2.05) is 48.5 Å². The molecule has 1 atom stereocenters. The summed E-state index contributed by atoms with van der Waals surface area (Å²) in [4.78, 5) is 25.1. The van der Waals surface area contributed by atoms with Crippen LogP contribution in [0.5, 0.6) is 0 Å². The summed E-state index contributed by atoms with van der Waals surface area (Å²) in [5.74, 6) is -0.841. The molecule has 1 rings (SSSR count). The summed E-state index contributed by atoms with van der Waals surface area (Å²) in [6.45, 7) is 13.3. The lowest BCUT2D eigenvalue weighted by Gasteiger charge is -2.37. The van der Waals surface area contributed by atoms with Crippen LogP contribution in [0.2, 0.25) is 0 Å². The first-order valence-electron chi connectivity index (χ1n) is 7.62. The average molecular weight is 315 g/mol. The lowest BCUT2D eigenvalue weighted by atomic mass is 9.82. The summed E-state index contributed by atoms with van der Waals surface area (Å²) in [7, 11) is 0. The normalized spacial score (nSPS) is 21.8. The molecule has 1 N–H and O–H groups in total. The van der Waals surface area contributed by atoms with Gasteiger partial charge in [0.1, 0.15) is 11.3 Å². The topological polar surface area (TPSA) is 76.1 Å². The Bertz CT molecular complexity index is 436. The second kappa shape index (κ2) is 6.07. The average Bonchev–Trinajstić information content (AvgIpc) is 2.47. The lowest BCUT2D eigenvalue weighted by molar-refractivity contribution is -0.139. The molecule has 6 heteroatoms. The third kappa shape index (κ3) is 5.16. The third-order valence-corrected chi connectivity index (χ3v) is 3.58. The van der Waals surface area contributed by atoms with E-state index >= 15 is 0 Å². The molecule has 1 heterocycles. The van der Waals surface area contributed by atoms with Crippen molar-refractivity contribution in [1.82, 2.24) is 4.90 Å². The van der Waals surface area contributed by atoms with Gasteiger partial charge in [-0.15, -0.1) is 0 Å². The van der Waals surface area contributed by atoms with Crippen molar-refractivity contribution in [1.29, 1.82) is 0 Å². The van der Waals surface area contributed by atoms with Gasteiger partial charge in [-0.3, -0.25) is 9.69 Å². The van der Waals surface area contributed by atoms with Gasteiger partial charge in [0, 0.05) is 0 Å². The molecule has 6 nitrogen and oxygen atoms in total. The van der Waals surface area contributed by atoms with Crippen LogP contribution in [-0.4, -0.2) is 46.0 Å². The molecule has 1 aliphatic heterocycles. The molecule has 0 radical (unpaired) electrons. The number of hydrogen-bond acceptors (Lipinski definition) is 4. The minimum Gasteiger partial charge on any atom is -0.481 e. The van der Waals surface area contributed by atoms with Crippen LogP contribution >= 0.6 is 0 Å². The van der Waals surface area contributed by atoms with E-state index < -0.39 is 28.8 Å². The van der Waals surface area contributed by atoms with Crippen molar-refractivity contribution in [3.05, 3.63) is 0 Å². The number of carboxylic acid groups (broad SMARTS) is 1. The van der Waals surface area contributed by atoms with Gasteiger partial charge in [-0.05, 0) is 46.5 Å². The fourth-order valence-corrected chi connectivity index (χ4v) is 2.83. The summed E-state index contributed by atoms with van der Waals surface area (Å²) in [5, 5.41) is 9.02. The molecule has 1 amide bonds. The quantitative estimate of drug-likeness (QED) is 0.862. The number of carboxylic acids is 1. The van der Waals surface area contributed by atoms with Crippen LogP contribution in [0.4, 0.5) is 4.79 Å². The van der Waals surface area contributed by atoms with Gasteiger partial charge in [0.25, 0.3) is 0 Å². The first-order chi connectivity index (χ1) is 9.73. The lowest BCUT2D eigenvalue weighted by Crippen LogP contribution is -2.50. The highest BCUT2D eigenvalue weighted by atomic mass is 16.6. The highest BCUT2D eigenvalue weighted by Gasteiger charge is 2.47. The maximum Gasteiger partial charge on any atom is 0.412 e. The van der Waals surface area contributed by atoms with Crippen molar-refractivity contribution in [2.75, 3.05) is 6.61 Å². The molecule has 0 aromatic heterocycles. The minimum atomic E-state index is -0.841. The smallest absolute Gasteiger partial charge is 0.412 e. The van der Waals surface area contributed by atoms with Crippen LogP contribution in [0.15, 0.2) is 0 Å². The van der Waals surface area contributed by atoms with Crippen molar-refractivity contribution in [2.45, 2.75) is 78.7 Å². The van der Waals surface area contributed by atoms with Crippen LogP contribution in [0.1, 0.15) is 61.3 Å². The molecule has 0 aromatic carbocycles. The Kier molecular flexibility index (Phi) is 5.17. The fourth-order valence-electron chi connectivity index (χ4n) is 2.83. The maximum absolute atomic E-state index is 12.5. The standard InChI is InChI=1S/C16H29NO5/c1-14(2,3)22-13(20)17-11(10-21-16(17,6)7)8-15(4,5)9-12(18)19/h11H,8-10H2,1-7H3,(H,18,19)/t11-/m0/s1. The summed E-state index contributed by atoms with van der Waals surface area (Å²) < 4.78 is 11.2. The molecule has 0 spiro atoms. The van der Waals surface area contributed by atoms with Crippen LogP contribution in [0.3, 0.4) is 0 Å². The predicted molar refractivity (Wildman–Crippen MR) is 82.5 cm³/mol. The molecule has 0 aromatic rings. The Morgan fingerprint density at radius 1 is 1.27 bits per heavy atom. The van der Waals surface area contributed by atoms with E-state index in [2.05, 4.69) is 0 Å². The van der Waals surface area contributed by atoms with Crippen LogP contribution < -0.4 is 0 Å². The van der Waals surface area contributed by atoms with E-state index in [1.54, 1.807) is 4.90 Å². The third-order valence-electron chi connectivity index (χ3n) is 3.58. The van der Waals surface area contributed by atoms with Gasteiger partial charge in [-0.1, -0.05) is 13.8 Å². The first kappa shape index (κ1) is 18.7. The van der Waals surface area contributed by atoms with Gasteiger partial charge >= 0.3 is 12.1 Å². The molecule has 128 valence electrons. The number of amides is 1. The first-order valence-corrected chi connectivity index (χ1v) is 7.62. The van der Waals surface area contributed by atoms with Crippen molar-refractivity contribution >= 4 is 12.1 Å². The number of hydrogen-bond donors (Lipinski definition) is 1. The number of carbonyl (C=O) groups excluding carboxylic acids is 1. The Hall–Kier alpha value is -1.30. The van der Waals surface area contributed by atoms with E-state index in [4.69, 9.17) is 14.6 Å². The molecule has 0 unspecified atom stereocenters. The molecule has 0 saturated carbocycles.